The average molecular weight is 382 g/mol. The third kappa shape index (κ3) is 4.57. The number of methoxy groups -OCH3 is 1. The Labute approximate surface area is 151 Å². The van der Waals surface area contributed by atoms with Crippen molar-refractivity contribution >= 4 is 34.6 Å². The molecule has 0 aliphatic carbocycles. The first kappa shape index (κ1) is 18.9. The third-order valence-electron chi connectivity index (χ3n) is 3.15. The van der Waals surface area contributed by atoms with E-state index in [1.807, 2.05) is 0 Å². The topological polar surface area (TPSA) is 134 Å². The fraction of sp³-hybridized carbons (Fsp3) is 0.133. The van der Waals surface area contributed by atoms with Crippen LogP contribution in [0.25, 0.3) is 0 Å². The molecule has 0 radical (unpaired) electrons. The Hall–Kier alpha value is -3.40. The van der Waals surface area contributed by atoms with Crippen LogP contribution in [0.15, 0.2) is 36.4 Å². The summed E-state index contributed by atoms with van der Waals surface area (Å²) in [6.07, 6.45) is 0. The van der Waals surface area contributed by atoms with Gasteiger partial charge in [-0.2, -0.15) is 0 Å². The zero-order chi connectivity index (χ0) is 19.3. The van der Waals surface area contributed by atoms with Gasteiger partial charge in [-0.25, -0.2) is 0 Å². The molecule has 0 bridgehead atoms. The Balaban J connectivity index is 2.04. The number of anilines is 1. The molecule has 11 heteroatoms. The molecule has 0 saturated heterocycles. The number of nitro benzene ring substituents is 2. The highest BCUT2D eigenvalue weighted by atomic mass is 35.5. The zero-order valence-corrected chi connectivity index (χ0v) is 14.1. The van der Waals surface area contributed by atoms with Gasteiger partial charge in [0.25, 0.3) is 11.6 Å². The van der Waals surface area contributed by atoms with Crippen LogP contribution in [0.3, 0.4) is 0 Å². The Morgan fingerprint density at radius 1 is 1.15 bits per heavy atom. The van der Waals surface area contributed by atoms with Crippen molar-refractivity contribution in [3.63, 3.8) is 0 Å². The maximum atomic E-state index is 11.9. The number of halogens is 1. The maximum absolute atomic E-state index is 11.9. The largest absolute Gasteiger partial charge is 0.490 e. The van der Waals surface area contributed by atoms with Crippen molar-refractivity contribution in [1.82, 2.24) is 0 Å². The number of nitrogens with zero attached hydrogens (tertiary/aromatic N) is 2. The summed E-state index contributed by atoms with van der Waals surface area (Å²) >= 11 is 5.89. The minimum atomic E-state index is -0.621. The number of carbonyl (C=O) groups excluding carboxylic acids is 1. The SMILES string of the molecule is COc1cc(OCC(=O)Nc2cc([N+](=O)[O-])ccc2Cl)ccc1[N+](=O)[O-]. The lowest BCUT2D eigenvalue weighted by atomic mass is 10.2. The number of rotatable bonds is 7. The lowest BCUT2D eigenvalue weighted by molar-refractivity contribution is -0.385. The van der Waals surface area contributed by atoms with Crippen LogP contribution in [0.5, 0.6) is 11.5 Å². The van der Waals surface area contributed by atoms with Crippen molar-refractivity contribution in [3.05, 3.63) is 61.6 Å². The van der Waals surface area contributed by atoms with Gasteiger partial charge in [0.1, 0.15) is 5.75 Å². The molecule has 0 fully saturated rings. The first-order chi connectivity index (χ1) is 12.3. The van der Waals surface area contributed by atoms with E-state index in [9.17, 15) is 25.0 Å². The van der Waals surface area contributed by atoms with Gasteiger partial charge < -0.3 is 14.8 Å². The van der Waals surface area contributed by atoms with E-state index in [1.165, 1.54) is 37.4 Å². The Kier molecular flexibility index (Phi) is 5.91. The Morgan fingerprint density at radius 2 is 1.88 bits per heavy atom. The summed E-state index contributed by atoms with van der Waals surface area (Å²) in [7, 11) is 1.27. The molecular weight excluding hydrogens is 370 g/mol. The molecule has 2 rings (SSSR count). The average Bonchev–Trinajstić information content (AvgIpc) is 2.61. The summed E-state index contributed by atoms with van der Waals surface area (Å²) in [6, 6.07) is 7.38. The monoisotopic (exact) mass is 381 g/mol. The van der Waals surface area contributed by atoms with Crippen LogP contribution in [0.2, 0.25) is 5.02 Å². The number of benzene rings is 2. The van der Waals surface area contributed by atoms with Gasteiger partial charge in [0.2, 0.25) is 5.75 Å². The van der Waals surface area contributed by atoms with Gasteiger partial charge in [0, 0.05) is 24.3 Å². The van der Waals surface area contributed by atoms with Crippen LogP contribution in [0.1, 0.15) is 0 Å². The first-order valence-electron chi connectivity index (χ1n) is 7.01. The molecule has 0 saturated carbocycles. The van der Waals surface area contributed by atoms with Gasteiger partial charge >= 0.3 is 5.69 Å². The molecule has 1 amide bonds. The lowest BCUT2D eigenvalue weighted by Crippen LogP contribution is -2.20. The maximum Gasteiger partial charge on any atom is 0.311 e. The van der Waals surface area contributed by atoms with Crippen molar-refractivity contribution in [3.8, 4) is 11.5 Å². The van der Waals surface area contributed by atoms with E-state index in [2.05, 4.69) is 5.32 Å². The van der Waals surface area contributed by atoms with E-state index < -0.39 is 22.4 Å². The summed E-state index contributed by atoms with van der Waals surface area (Å²) in [6.45, 7) is -0.444. The summed E-state index contributed by atoms with van der Waals surface area (Å²) in [5.74, 6) is -0.466. The van der Waals surface area contributed by atoms with Crippen molar-refractivity contribution in [2.45, 2.75) is 0 Å². The molecule has 2 aromatic rings. The Bertz CT molecular complexity index is 872. The molecule has 0 heterocycles. The second-order valence-corrected chi connectivity index (χ2v) is 5.26. The highest BCUT2D eigenvalue weighted by Gasteiger charge is 2.16. The molecule has 0 atom stereocenters. The second kappa shape index (κ2) is 8.12. The van der Waals surface area contributed by atoms with Gasteiger partial charge in [-0.15, -0.1) is 0 Å². The Morgan fingerprint density at radius 3 is 2.50 bits per heavy atom. The van der Waals surface area contributed by atoms with Crippen molar-refractivity contribution in [2.75, 3.05) is 19.0 Å². The lowest BCUT2D eigenvalue weighted by Gasteiger charge is -2.09. The van der Waals surface area contributed by atoms with E-state index in [0.29, 0.717) is 0 Å². The fourth-order valence-corrected chi connectivity index (χ4v) is 2.12. The number of carbonyl (C=O) groups is 1. The number of hydrogen-bond donors (Lipinski definition) is 1. The van der Waals surface area contributed by atoms with Crippen LogP contribution < -0.4 is 14.8 Å². The van der Waals surface area contributed by atoms with E-state index in [1.54, 1.807) is 0 Å². The molecule has 0 aliphatic rings. The molecule has 136 valence electrons. The second-order valence-electron chi connectivity index (χ2n) is 4.85. The van der Waals surface area contributed by atoms with Crippen LogP contribution in [0, 0.1) is 20.2 Å². The van der Waals surface area contributed by atoms with Crippen LogP contribution in [-0.4, -0.2) is 29.5 Å². The van der Waals surface area contributed by atoms with E-state index in [4.69, 9.17) is 21.1 Å². The number of nitro groups is 2. The number of hydrogen-bond acceptors (Lipinski definition) is 7. The molecule has 2 aromatic carbocycles. The zero-order valence-electron chi connectivity index (χ0n) is 13.3. The molecule has 26 heavy (non-hydrogen) atoms. The number of nitrogens with one attached hydrogen (secondary N) is 1. The standard InChI is InChI=1S/C15H12ClN3O7/c1-25-14-7-10(3-5-13(14)19(23)24)26-8-15(20)17-12-6-9(18(21)22)2-4-11(12)16/h2-7H,8H2,1H3,(H,17,20). The van der Waals surface area contributed by atoms with Gasteiger partial charge in [-0.3, -0.25) is 25.0 Å². The van der Waals surface area contributed by atoms with Crippen LogP contribution >= 0.6 is 11.6 Å². The molecule has 0 aromatic heterocycles. The smallest absolute Gasteiger partial charge is 0.311 e. The minimum absolute atomic E-state index is 0.0189. The number of amides is 1. The fourth-order valence-electron chi connectivity index (χ4n) is 1.96. The molecule has 1 N–H and O–H groups in total. The highest BCUT2D eigenvalue weighted by molar-refractivity contribution is 6.33. The quantitative estimate of drug-likeness (QED) is 0.574. The van der Waals surface area contributed by atoms with Gasteiger partial charge in [-0.05, 0) is 12.1 Å². The molecule has 0 aliphatic heterocycles. The van der Waals surface area contributed by atoms with Crippen LogP contribution in [-0.2, 0) is 4.79 Å². The van der Waals surface area contributed by atoms with Crippen molar-refractivity contribution < 1.29 is 24.1 Å². The number of non-ortho nitro benzene ring substituents is 1. The van der Waals surface area contributed by atoms with Crippen LogP contribution in [0.4, 0.5) is 17.1 Å². The van der Waals surface area contributed by atoms with E-state index >= 15 is 0 Å². The summed E-state index contributed by atoms with van der Waals surface area (Å²) in [4.78, 5) is 32.3. The summed E-state index contributed by atoms with van der Waals surface area (Å²) in [5.41, 5.74) is -0.408. The molecular formula is C15H12ClN3O7. The third-order valence-corrected chi connectivity index (χ3v) is 3.48. The minimum Gasteiger partial charge on any atom is -0.490 e. The van der Waals surface area contributed by atoms with E-state index in [-0.39, 0.29) is 33.6 Å². The first-order valence-corrected chi connectivity index (χ1v) is 7.38. The van der Waals surface area contributed by atoms with Crippen molar-refractivity contribution in [2.24, 2.45) is 0 Å². The molecule has 0 unspecified atom stereocenters. The predicted molar refractivity (Wildman–Crippen MR) is 91.9 cm³/mol. The predicted octanol–water partition coefficient (Wildman–Crippen LogP) is 3.18. The molecule has 10 nitrogen and oxygen atoms in total. The van der Waals surface area contributed by atoms with Gasteiger partial charge in [0.05, 0.1) is 27.7 Å². The normalized spacial score (nSPS) is 10.1. The van der Waals surface area contributed by atoms with E-state index in [0.717, 1.165) is 6.07 Å². The highest BCUT2D eigenvalue weighted by Crippen LogP contribution is 2.31. The summed E-state index contributed by atoms with van der Waals surface area (Å²) < 4.78 is 10.1. The van der Waals surface area contributed by atoms with Crippen molar-refractivity contribution in [1.29, 1.82) is 0 Å². The molecule has 0 spiro atoms. The van der Waals surface area contributed by atoms with Gasteiger partial charge in [-0.1, -0.05) is 11.6 Å². The number of ether oxygens (including phenoxy) is 2. The summed E-state index contributed by atoms with van der Waals surface area (Å²) in [5, 5.41) is 24.1. The van der Waals surface area contributed by atoms with Gasteiger partial charge in [0.15, 0.2) is 6.61 Å².